The Hall–Kier alpha value is -1.22. The van der Waals surface area contributed by atoms with Gasteiger partial charge in [0.1, 0.15) is 5.75 Å². The molecule has 2 N–H and O–H groups in total. The lowest BCUT2D eigenvalue weighted by molar-refractivity contribution is 0.0507. The van der Waals surface area contributed by atoms with Gasteiger partial charge in [-0.15, -0.1) is 0 Å². The second-order valence-corrected chi connectivity index (χ2v) is 5.31. The average Bonchev–Trinajstić information content (AvgIpc) is 2.43. The molecule has 0 aliphatic carbocycles. The molecule has 0 bridgehead atoms. The Balaban J connectivity index is 1.98. The number of anilines is 1. The summed E-state index contributed by atoms with van der Waals surface area (Å²) < 4.78 is 11.4. The molecule has 0 amide bonds. The number of unbranched alkanes of at least 4 members (excludes halogenated alkanes) is 3. The van der Waals surface area contributed by atoms with Gasteiger partial charge in [-0.2, -0.15) is 0 Å². The van der Waals surface area contributed by atoms with Gasteiger partial charge in [0.2, 0.25) is 0 Å². The van der Waals surface area contributed by atoms with Crippen molar-refractivity contribution in [1.29, 1.82) is 0 Å². The number of rotatable bonds is 11. The summed E-state index contributed by atoms with van der Waals surface area (Å²) in [4.78, 5) is 0. The largest absolute Gasteiger partial charge is 0.493 e. The molecule has 1 unspecified atom stereocenters. The van der Waals surface area contributed by atoms with E-state index in [0.717, 1.165) is 30.9 Å². The lowest BCUT2D eigenvalue weighted by Gasteiger charge is -2.13. The molecule has 0 radical (unpaired) electrons. The molecule has 1 aromatic rings. The summed E-state index contributed by atoms with van der Waals surface area (Å²) in [5.41, 5.74) is 6.43. The van der Waals surface area contributed by atoms with Crippen LogP contribution in [0.5, 0.6) is 5.75 Å². The van der Waals surface area contributed by atoms with E-state index in [-0.39, 0.29) is 0 Å². The normalized spacial score (nSPS) is 12.3. The average molecular weight is 279 g/mol. The van der Waals surface area contributed by atoms with E-state index in [1.165, 1.54) is 25.7 Å². The van der Waals surface area contributed by atoms with E-state index in [4.69, 9.17) is 15.2 Å². The smallest absolute Gasteiger partial charge is 0.121 e. The van der Waals surface area contributed by atoms with Gasteiger partial charge in [-0.3, -0.25) is 0 Å². The fraction of sp³-hybridized carbons (Fsp3) is 0.647. The summed E-state index contributed by atoms with van der Waals surface area (Å²) in [6.07, 6.45) is 7.65. The van der Waals surface area contributed by atoms with E-state index in [2.05, 4.69) is 13.8 Å². The predicted molar refractivity (Wildman–Crippen MR) is 85.1 cm³/mol. The Labute approximate surface area is 123 Å². The third kappa shape index (κ3) is 8.05. The van der Waals surface area contributed by atoms with Gasteiger partial charge in [0.05, 0.1) is 19.3 Å². The van der Waals surface area contributed by atoms with E-state index < -0.39 is 0 Å². The minimum atomic E-state index is 0.360. The second kappa shape index (κ2) is 10.6. The summed E-state index contributed by atoms with van der Waals surface area (Å²) in [5, 5.41) is 0. The summed E-state index contributed by atoms with van der Waals surface area (Å²) in [7, 11) is 0. The molecule has 0 aliphatic heterocycles. The topological polar surface area (TPSA) is 44.5 Å². The SMILES string of the molecule is CCCCCCC(C)OCCCOc1cccc(N)c1. The van der Waals surface area contributed by atoms with Gasteiger partial charge >= 0.3 is 0 Å². The number of nitrogens with two attached hydrogens (primary N) is 1. The van der Waals surface area contributed by atoms with Crippen molar-refractivity contribution in [3.8, 4) is 5.75 Å². The molecule has 3 heteroatoms. The first-order valence-corrected chi connectivity index (χ1v) is 7.82. The summed E-state index contributed by atoms with van der Waals surface area (Å²) in [6, 6.07) is 7.53. The number of hydrogen-bond donors (Lipinski definition) is 1. The first-order chi connectivity index (χ1) is 9.72. The molecule has 114 valence electrons. The quantitative estimate of drug-likeness (QED) is 0.482. The lowest BCUT2D eigenvalue weighted by atomic mass is 10.1. The highest BCUT2D eigenvalue weighted by atomic mass is 16.5. The zero-order chi connectivity index (χ0) is 14.6. The first kappa shape index (κ1) is 16.8. The van der Waals surface area contributed by atoms with Crippen molar-refractivity contribution in [2.75, 3.05) is 18.9 Å². The Kier molecular flexibility index (Phi) is 8.88. The standard InChI is InChI=1S/C17H29NO2/c1-3-4-5-6-9-15(2)19-12-8-13-20-17-11-7-10-16(18)14-17/h7,10-11,14-15H,3-6,8-9,12-13,18H2,1-2H3. The highest BCUT2D eigenvalue weighted by molar-refractivity contribution is 5.43. The van der Waals surface area contributed by atoms with Gasteiger partial charge in [0.25, 0.3) is 0 Å². The molecular weight excluding hydrogens is 250 g/mol. The summed E-state index contributed by atoms with van der Waals surface area (Å²) >= 11 is 0. The zero-order valence-corrected chi connectivity index (χ0v) is 12.9. The zero-order valence-electron chi connectivity index (χ0n) is 12.9. The van der Waals surface area contributed by atoms with Crippen LogP contribution in [-0.2, 0) is 4.74 Å². The van der Waals surface area contributed by atoms with Gasteiger partial charge in [-0.1, -0.05) is 38.7 Å². The minimum absolute atomic E-state index is 0.360. The molecular formula is C17H29NO2. The molecule has 3 nitrogen and oxygen atoms in total. The maximum atomic E-state index is 5.78. The molecule has 0 spiro atoms. The van der Waals surface area contributed by atoms with Crippen LogP contribution in [0.15, 0.2) is 24.3 Å². The van der Waals surface area contributed by atoms with Crippen molar-refractivity contribution in [1.82, 2.24) is 0 Å². The molecule has 20 heavy (non-hydrogen) atoms. The molecule has 0 saturated carbocycles. The fourth-order valence-corrected chi connectivity index (χ4v) is 2.08. The van der Waals surface area contributed by atoms with E-state index in [1.807, 2.05) is 24.3 Å². The molecule has 1 atom stereocenters. The maximum Gasteiger partial charge on any atom is 0.121 e. The van der Waals surface area contributed by atoms with E-state index in [0.29, 0.717) is 12.7 Å². The van der Waals surface area contributed by atoms with E-state index >= 15 is 0 Å². The van der Waals surface area contributed by atoms with Crippen molar-refractivity contribution in [3.05, 3.63) is 24.3 Å². The highest BCUT2D eigenvalue weighted by Crippen LogP contribution is 2.14. The third-order valence-corrected chi connectivity index (χ3v) is 3.28. The molecule has 0 heterocycles. The van der Waals surface area contributed by atoms with Crippen LogP contribution in [0.1, 0.15) is 52.4 Å². The van der Waals surface area contributed by atoms with Crippen molar-refractivity contribution in [3.63, 3.8) is 0 Å². The van der Waals surface area contributed by atoms with Crippen molar-refractivity contribution in [2.45, 2.75) is 58.5 Å². The molecule has 0 saturated heterocycles. The van der Waals surface area contributed by atoms with Gasteiger partial charge in [0.15, 0.2) is 0 Å². The van der Waals surface area contributed by atoms with Crippen LogP contribution in [0.2, 0.25) is 0 Å². The van der Waals surface area contributed by atoms with Crippen LogP contribution in [-0.4, -0.2) is 19.3 Å². The maximum absolute atomic E-state index is 5.78. The van der Waals surface area contributed by atoms with Crippen molar-refractivity contribution in [2.24, 2.45) is 0 Å². The van der Waals surface area contributed by atoms with Crippen LogP contribution < -0.4 is 10.5 Å². The van der Waals surface area contributed by atoms with Gasteiger partial charge in [0, 0.05) is 18.2 Å². The molecule has 0 aromatic heterocycles. The van der Waals surface area contributed by atoms with Crippen LogP contribution in [0.3, 0.4) is 0 Å². The highest BCUT2D eigenvalue weighted by Gasteiger charge is 2.02. The van der Waals surface area contributed by atoms with Crippen LogP contribution in [0, 0.1) is 0 Å². The minimum Gasteiger partial charge on any atom is -0.493 e. The monoisotopic (exact) mass is 279 g/mol. The van der Waals surface area contributed by atoms with Crippen molar-refractivity contribution >= 4 is 5.69 Å². The molecule has 1 aromatic carbocycles. The van der Waals surface area contributed by atoms with Crippen LogP contribution >= 0.6 is 0 Å². The van der Waals surface area contributed by atoms with Crippen LogP contribution in [0.25, 0.3) is 0 Å². The number of ether oxygens (including phenoxy) is 2. The Morgan fingerprint density at radius 1 is 1.10 bits per heavy atom. The summed E-state index contributed by atoms with van der Waals surface area (Å²) in [6.45, 7) is 5.83. The van der Waals surface area contributed by atoms with Crippen LogP contribution in [0.4, 0.5) is 5.69 Å². The lowest BCUT2D eigenvalue weighted by Crippen LogP contribution is -2.11. The second-order valence-electron chi connectivity index (χ2n) is 5.31. The summed E-state index contributed by atoms with van der Waals surface area (Å²) in [5.74, 6) is 0.831. The number of hydrogen-bond acceptors (Lipinski definition) is 3. The van der Waals surface area contributed by atoms with Gasteiger partial charge in [-0.05, 0) is 25.5 Å². The number of nitrogen functional groups attached to an aromatic ring is 1. The van der Waals surface area contributed by atoms with Crippen molar-refractivity contribution < 1.29 is 9.47 Å². The van der Waals surface area contributed by atoms with E-state index in [1.54, 1.807) is 0 Å². The fourth-order valence-electron chi connectivity index (χ4n) is 2.08. The Morgan fingerprint density at radius 3 is 2.70 bits per heavy atom. The third-order valence-electron chi connectivity index (χ3n) is 3.28. The number of benzene rings is 1. The Morgan fingerprint density at radius 2 is 1.95 bits per heavy atom. The predicted octanol–water partition coefficient (Wildman–Crippen LogP) is 4.41. The van der Waals surface area contributed by atoms with E-state index in [9.17, 15) is 0 Å². The molecule has 0 aliphatic rings. The first-order valence-electron chi connectivity index (χ1n) is 7.82. The molecule has 0 fully saturated rings. The van der Waals surface area contributed by atoms with Gasteiger partial charge in [-0.25, -0.2) is 0 Å². The van der Waals surface area contributed by atoms with Gasteiger partial charge < -0.3 is 15.2 Å². The Bertz CT molecular complexity index is 355. The molecule has 1 rings (SSSR count).